The van der Waals surface area contributed by atoms with Crippen LogP contribution in [0.5, 0.6) is 0 Å². The fraction of sp³-hybridized carbons (Fsp3) is 0.364. The minimum atomic E-state index is -0.363. The van der Waals surface area contributed by atoms with E-state index < -0.39 is 0 Å². The molecule has 0 amide bonds. The Hall–Kier alpha value is -1.91. The Bertz CT molecular complexity index is 558. The van der Waals surface area contributed by atoms with Crippen LogP contribution in [0.1, 0.15) is 31.0 Å². The van der Waals surface area contributed by atoms with Crippen molar-refractivity contribution in [3.8, 4) is 0 Å². The first-order valence-electron chi connectivity index (χ1n) is 5.13. The number of aryl methyl sites for hydroxylation is 1. The smallest absolute Gasteiger partial charge is 0.270 e. The number of nitro groups is 1. The van der Waals surface area contributed by atoms with Gasteiger partial charge in [-0.05, 0) is 18.4 Å². The molecule has 1 heterocycles. The molecule has 1 aromatic carbocycles. The molecule has 0 aliphatic heterocycles. The number of fused-ring (bicyclic) bond motifs is 1. The minimum absolute atomic E-state index is 0.126. The van der Waals surface area contributed by atoms with E-state index in [0.717, 1.165) is 22.2 Å². The van der Waals surface area contributed by atoms with Crippen LogP contribution in [-0.2, 0) is 0 Å². The standard InChI is InChI=1S/C11H13N3O2/c1-6(2)9-4-8(14(15)16)5-10-7(3)12-13-11(9)10/h4-6H,1-3H3,(H,12,13). The number of non-ortho nitro benzene ring substituents is 1. The van der Waals surface area contributed by atoms with E-state index in [4.69, 9.17) is 0 Å². The lowest BCUT2D eigenvalue weighted by molar-refractivity contribution is -0.384. The zero-order valence-corrected chi connectivity index (χ0v) is 9.44. The van der Waals surface area contributed by atoms with E-state index in [9.17, 15) is 10.1 Å². The highest BCUT2D eigenvalue weighted by molar-refractivity contribution is 5.87. The van der Waals surface area contributed by atoms with Crippen molar-refractivity contribution in [2.24, 2.45) is 0 Å². The highest BCUT2D eigenvalue weighted by Gasteiger charge is 2.16. The molecule has 0 saturated heterocycles. The lowest BCUT2D eigenvalue weighted by atomic mass is 9.99. The predicted octanol–water partition coefficient (Wildman–Crippen LogP) is 2.90. The van der Waals surface area contributed by atoms with Crippen LogP contribution in [0.4, 0.5) is 5.69 Å². The largest absolute Gasteiger partial charge is 0.282 e. The minimum Gasteiger partial charge on any atom is -0.282 e. The first kappa shape index (κ1) is 10.6. The summed E-state index contributed by atoms with van der Waals surface area (Å²) in [6.45, 7) is 5.87. The fourth-order valence-corrected chi connectivity index (χ4v) is 1.80. The Morgan fingerprint density at radius 1 is 1.44 bits per heavy atom. The summed E-state index contributed by atoms with van der Waals surface area (Å²) in [5.74, 6) is 0.213. The Labute approximate surface area is 92.6 Å². The summed E-state index contributed by atoms with van der Waals surface area (Å²) >= 11 is 0. The van der Waals surface area contributed by atoms with Crippen molar-refractivity contribution in [1.82, 2.24) is 10.2 Å². The molecule has 0 bridgehead atoms. The number of nitrogens with one attached hydrogen (secondary N) is 1. The van der Waals surface area contributed by atoms with Crippen LogP contribution >= 0.6 is 0 Å². The van der Waals surface area contributed by atoms with E-state index in [1.807, 2.05) is 20.8 Å². The van der Waals surface area contributed by atoms with Gasteiger partial charge in [-0.3, -0.25) is 15.2 Å². The molecule has 0 saturated carbocycles. The molecule has 2 rings (SSSR count). The van der Waals surface area contributed by atoms with Gasteiger partial charge in [-0.1, -0.05) is 13.8 Å². The van der Waals surface area contributed by atoms with Gasteiger partial charge in [-0.2, -0.15) is 5.10 Å². The number of nitro benzene ring substituents is 1. The van der Waals surface area contributed by atoms with Crippen molar-refractivity contribution in [2.75, 3.05) is 0 Å². The summed E-state index contributed by atoms with van der Waals surface area (Å²) in [4.78, 5) is 10.5. The molecule has 1 N–H and O–H groups in total. The second-order valence-electron chi connectivity index (χ2n) is 4.19. The van der Waals surface area contributed by atoms with Gasteiger partial charge in [0, 0.05) is 23.2 Å². The van der Waals surface area contributed by atoms with E-state index >= 15 is 0 Å². The third-order valence-electron chi connectivity index (χ3n) is 2.70. The van der Waals surface area contributed by atoms with Gasteiger partial charge >= 0.3 is 0 Å². The van der Waals surface area contributed by atoms with Crippen LogP contribution < -0.4 is 0 Å². The molecule has 84 valence electrons. The summed E-state index contributed by atoms with van der Waals surface area (Å²) in [6, 6.07) is 3.17. The molecule has 0 aliphatic carbocycles. The van der Waals surface area contributed by atoms with Crippen molar-refractivity contribution in [3.05, 3.63) is 33.5 Å². The Kier molecular flexibility index (Phi) is 2.38. The van der Waals surface area contributed by atoms with Crippen LogP contribution in [0.15, 0.2) is 12.1 Å². The quantitative estimate of drug-likeness (QED) is 0.623. The summed E-state index contributed by atoms with van der Waals surface area (Å²) in [6.07, 6.45) is 0. The van der Waals surface area contributed by atoms with Gasteiger partial charge in [0.25, 0.3) is 5.69 Å². The topological polar surface area (TPSA) is 71.8 Å². The molecule has 16 heavy (non-hydrogen) atoms. The zero-order chi connectivity index (χ0) is 11.9. The van der Waals surface area contributed by atoms with E-state index in [-0.39, 0.29) is 16.5 Å². The summed E-state index contributed by atoms with van der Waals surface area (Å²) in [5, 5.41) is 18.7. The van der Waals surface area contributed by atoms with Gasteiger partial charge in [0.15, 0.2) is 0 Å². The van der Waals surface area contributed by atoms with E-state index in [2.05, 4.69) is 10.2 Å². The molecule has 5 nitrogen and oxygen atoms in total. The number of benzene rings is 1. The van der Waals surface area contributed by atoms with Crippen LogP contribution in [-0.4, -0.2) is 15.1 Å². The van der Waals surface area contributed by atoms with Crippen molar-refractivity contribution < 1.29 is 4.92 Å². The van der Waals surface area contributed by atoms with E-state index in [1.54, 1.807) is 12.1 Å². The van der Waals surface area contributed by atoms with Gasteiger partial charge in [-0.15, -0.1) is 0 Å². The summed E-state index contributed by atoms with van der Waals surface area (Å²) < 4.78 is 0. The Morgan fingerprint density at radius 3 is 2.69 bits per heavy atom. The third kappa shape index (κ3) is 1.54. The third-order valence-corrected chi connectivity index (χ3v) is 2.70. The van der Waals surface area contributed by atoms with Gasteiger partial charge in [0.2, 0.25) is 0 Å². The molecule has 0 atom stereocenters. The fourth-order valence-electron chi connectivity index (χ4n) is 1.80. The number of rotatable bonds is 2. The highest BCUT2D eigenvalue weighted by atomic mass is 16.6. The van der Waals surface area contributed by atoms with Crippen molar-refractivity contribution in [1.29, 1.82) is 0 Å². The number of H-pyrrole nitrogens is 1. The average Bonchev–Trinajstić information content (AvgIpc) is 2.59. The molecule has 0 aliphatic rings. The number of nitrogens with zero attached hydrogens (tertiary/aromatic N) is 2. The molecular formula is C11H13N3O2. The molecular weight excluding hydrogens is 206 g/mol. The summed E-state index contributed by atoms with van der Waals surface area (Å²) in [7, 11) is 0. The monoisotopic (exact) mass is 219 g/mol. The molecule has 0 unspecified atom stereocenters. The van der Waals surface area contributed by atoms with Gasteiger partial charge in [-0.25, -0.2) is 0 Å². The number of aromatic nitrogens is 2. The Balaban J connectivity index is 2.80. The zero-order valence-electron chi connectivity index (χ0n) is 9.44. The maximum absolute atomic E-state index is 10.8. The van der Waals surface area contributed by atoms with Gasteiger partial charge in [0.1, 0.15) is 0 Å². The molecule has 2 aromatic rings. The van der Waals surface area contributed by atoms with Gasteiger partial charge in [0.05, 0.1) is 10.4 Å². The maximum atomic E-state index is 10.8. The van der Waals surface area contributed by atoms with Crippen LogP contribution in [0.2, 0.25) is 0 Å². The second-order valence-corrected chi connectivity index (χ2v) is 4.19. The molecule has 0 spiro atoms. The first-order valence-corrected chi connectivity index (χ1v) is 5.13. The normalized spacial score (nSPS) is 11.2. The highest BCUT2D eigenvalue weighted by Crippen LogP contribution is 2.30. The summed E-state index contributed by atoms with van der Waals surface area (Å²) in [5.41, 5.74) is 2.73. The molecule has 0 radical (unpaired) electrons. The van der Waals surface area contributed by atoms with Gasteiger partial charge < -0.3 is 0 Å². The van der Waals surface area contributed by atoms with Crippen LogP contribution in [0.25, 0.3) is 10.9 Å². The van der Waals surface area contributed by atoms with Crippen LogP contribution in [0, 0.1) is 17.0 Å². The van der Waals surface area contributed by atoms with Crippen molar-refractivity contribution in [3.63, 3.8) is 0 Å². The lowest BCUT2D eigenvalue weighted by Gasteiger charge is -2.05. The van der Waals surface area contributed by atoms with E-state index in [0.29, 0.717) is 0 Å². The SMILES string of the molecule is Cc1[nH]nc2c(C(C)C)cc([N+](=O)[O-])cc12. The lowest BCUT2D eigenvalue weighted by Crippen LogP contribution is -1.94. The molecule has 0 fully saturated rings. The Morgan fingerprint density at radius 2 is 2.12 bits per heavy atom. The second kappa shape index (κ2) is 3.59. The van der Waals surface area contributed by atoms with E-state index in [1.165, 1.54) is 0 Å². The first-order chi connectivity index (χ1) is 7.50. The molecule has 1 aromatic heterocycles. The van der Waals surface area contributed by atoms with Crippen molar-refractivity contribution in [2.45, 2.75) is 26.7 Å². The number of aromatic amines is 1. The number of hydrogen-bond acceptors (Lipinski definition) is 3. The van der Waals surface area contributed by atoms with Crippen molar-refractivity contribution >= 4 is 16.6 Å². The molecule has 5 heteroatoms. The number of hydrogen-bond donors (Lipinski definition) is 1. The van der Waals surface area contributed by atoms with Crippen LogP contribution in [0.3, 0.4) is 0 Å². The maximum Gasteiger partial charge on any atom is 0.270 e. The predicted molar refractivity (Wildman–Crippen MR) is 61.6 cm³/mol. The average molecular weight is 219 g/mol.